The summed E-state index contributed by atoms with van der Waals surface area (Å²) in [7, 11) is 0. The molecule has 1 amide bonds. The molecule has 2 atom stereocenters. The van der Waals surface area contributed by atoms with E-state index in [-0.39, 0.29) is 18.5 Å². The Labute approximate surface area is 559 Å². The van der Waals surface area contributed by atoms with Gasteiger partial charge in [0.05, 0.1) is 25.4 Å². The fourth-order valence-electron chi connectivity index (χ4n) is 13.5. The summed E-state index contributed by atoms with van der Waals surface area (Å²) < 4.78 is 5.52. The molecule has 0 spiro atoms. The third kappa shape index (κ3) is 75.5. The normalized spacial score (nSPS) is 12.4. The largest absolute Gasteiger partial charge is 0.466 e. The van der Waals surface area contributed by atoms with E-state index in [2.05, 4.69) is 31.3 Å². The molecule has 0 bridgehead atoms. The first-order valence-corrected chi connectivity index (χ1v) is 41.4. The lowest BCUT2D eigenvalue weighted by atomic mass is 10.0. The minimum Gasteiger partial charge on any atom is -0.466 e. The fourth-order valence-corrected chi connectivity index (χ4v) is 13.5. The number of unbranched alkanes of at least 4 members (excludes halogenated alkanes) is 66. The second-order valence-corrected chi connectivity index (χ2v) is 28.8. The average molecular weight is 1260 g/mol. The molecule has 2 unspecified atom stereocenters. The third-order valence-electron chi connectivity index (χ3n) is 19.8. The highest BCUT2D eigenvalue weighted by atomic mass is 16.5. The number of hydrogen-bond donors (Lipinski definition) is 3. The predicted molar refractivity (Wildman–Crippen MR) is 394 cm³/mol. The first kappa shape index (κ1) is 87.6. The van der Waals surface area contributed by atoms with Gasteiger partial charge in [0, 0.05) is 12.8 Å². The number of carbonyl (C=O) groups excluding carboxylic acids is 2. The Balaban J connectivity index is 3.31. The summed E-state index contributed by atoms with van der Waals surface area (Å²) in [6.07, 6.45) is 100. The molecule has 0 radical (unpaired) electrons. The van der Waals surface area contributed by atoms with Crippen molar-refractivity contribution in [2.45, 2.75) is 495 Å². The molecule has 0 rings (SSSR count). The maximum atomic E-state index is 12.6. The van der Waals surface area contributed by atoms with E-state index in [1.54, 1.807) is 0 Å². The van der Waals surface area contributed by atoms with Crippen LogP contribution in [0.4, 0.5) is 0 Å². The Morgan fingerprint density at radius 2 is 0.528 bits per heavy atom. The lowest BCUT2D eigenvalue weighted by molar-refractivity contribution is -0.143. The van der Waals surface area contributed by atoms with Gasteiger partial charge in [-0.05, 0) is 51.4 Å². The molecule has 0 aromatic rings. The molecule has 0 aliphatic carbocycles. The van der Waals surface area contributed by atoms with Gasteiger partial charge in [0.2, 0.25) is 5.91 Å². The van der Waals surface area contributed by atoms with Gasteiger partial charge in [0.25, 0.3) is 0 Å². The highest BCUT2D eigenvalue weighted by Crippen LogP contribution is 2.21. The lowest BCUT2D eigenvalue weighted by Crippen LogP contribution is -2.45. The van der Waals surface area contributed by atoms with Gasteiger partial charge in [-0.2, -0.15) is 0 Å². The van der Waals surface area contributed by atoms with Gasteiger partial charge in [-0.1, -0.05) is 431 Å². The van der Waals surface area contributed by atoms with Gasteiger partial charge in [0.15, 0.2) is 0 Å². The van der Waals surface area contributed by atoms with Crippen molar-refractivity contribution in [2.24, 2.45) is 0 Å². The van der Waals surface area contributed by atoms with Crippen LogP contribution < -0.4 is 5.32 Å². The summed E-state index contributed by atoms with van der Waals surface area (Å²) in [6, 6.07) is -0.538. The van der Waals surface area contributed by atoms with E-state index in [1.165, 1.54) is 411 Å². The van der Waals surface area contributed by atoms with Crippen LogP contribution in [0.2, 0.25) is 0 Å². The Morgan fingerprint density at radius 3 is 0.798 bits per heavy atom. The van der Waals surface area contributed by atoms with Crippen molar-refractivity contribution in [3.05, 3.63) is 12.2 Å². The summed E-state index contributed by atoms with van der Waals surface area (Å²) in [5.41, 5.74) is 0. The highest BCUT2D eigenvalue weighted by Gasteiger charge is 2.20. The molecule has 0 saturated carbocycles. The van der Waals surface area contributed by atoms with Crippen molar-refractivity contribution < 1.29 is 24.5 Å². The lowest BCUT2D eigenvalue weighted by Gasteiger charge is -2.22. The number of hydrogen-bond acceptors (Lipinski definition) is 5. The molecule has 89 heavy (non-hydrogen) atoms. The first-order valence-electron chi connectivity index (χ1n) is 41.4. The number of aliphatic hydroxyl groups excluding tert-OH is 2. The van der Waals surface area contributed by atoms with Gasteiger partial charge in [0.1, 0.15) is 0 Å². The van der Waals surface area contributed by atoms with Crippen molar-refractivity contribution in [2.75, 3.05) is 13.2 Å². The summed E-state index contributed by atoms with van der Waals surface area (Å²) in [4.78, 5) is 24.7. The zero-order valence-corrected chi connectivity index (χ0v) is 61.0. The van der Waals surface area contributed by atoms with E-state index >= 15 is 0 Å². The predicted octanol–water partition coefficient (Wildman–Crippen LogP) is 27.4. The van der Waals surface area contributed by atoms with Crippen molar-refractivity contribution in [1.82, 2.24) is 5.32 Å². The molecule has 0 aromatic carbocycles. The standard InChI is InChI=1S/C83H163NO5/c1-3-5-7-9-11-13-15-17-19-21-23-36-40-43-47-51-55-59-63-67-71-75-81(86)80(79-85)84-82(87)76-72-68-64-60-56-52-48-44-41-37-34-32-30-28-26-24-25-27-29-31-33-35-38-42-46-50-54-58-62-66-70-74-78-89-83(88)77-73-69-65-61-57-53-49-45-39-22-20-18-16-14-12-10-8-6-4-2/h18,20,80-81,85-86H,3-17,19,21-79H2,1-2H3,(H,84,87)/b20-18-. The monoisotopic (exact) mass is 1250 g/mol. The molecule has 0 aliphatic heterocycles. The maximum absolute atomic E-state index is 12.6. The minimum absolute atomic E-state index is 0.0223. The Bertz CT molecular complexity index is 1350. The molecule has 0 heterocycles. The van der Waals surface area contributed by atoms with Gasteiger partial charge >= 0.3 is 5.97 Å². The number of esters is 1. The zero-order chi connectivity index (χ0) is 64.2. The van der Waals surface area contributed by atoms with E-state index in [1.807, 2.05) is 0 Å². The summed E-state index contributed by atoms with van der Waals surface area (Å²) in [6.45, 7) is 5.01. The average Bonchev–Trinajstić information content (AvgIpc) is 3.60. The summed E-state index contributed by atoms with van der Waals surface area (Å²) in [5, 5.41) is 23.5. The molecule has 0 aromatic heterocycles. The first-order chi connectivity index (χ1) is 44.0. The number of aliphatic hydroxyl groups is 2. The third-order valence-corrected chi connectivity index (χ3v) is 19.8. The molecule has 6 heteroatoms. The van der Waals surface area contributed by atoms with Crippen LogP contribution in [0.15, 0.2) is 12.2 Å². The number of ether oxygens (including phenoxy) is 1. The van der Waals surface area contributed by atoms with E-state index in [0.29, 0.717) is 25.9 Å². The SMILES string of the molecule is CCCCCCCC/C=C\CCCCCCCCCCCC(=O)OCCCCCCCCCCCCCCCCCCCCCCCCCCCCCCCCCCC(=O)NC(CO)C(O)CCCCCCCCCCCCCCCCCCCCCCC. The van der Waals surface area contributed by atoms with Crippen LogP contribution in [-0.2, 0) is 14.3 Å². The van der Waals surface area contributed by atoms with Crippen molar-refractivity contribution in [1.29, 1.82) is 0 Å². The minimum atomic E-state index is -0.662. The summed E-state index contributed by atoms with van der Waals surface area (Å²) >= 11 is 0. The van der Waals surface area contributed by atoms with E-state index < -0.39 is 12.1 Å². The fraction of sp³-hybridized carbons (Fsp3) is 0.952. The molecular weight excluding hydrogens is 1090 g/mol. The second kappa shape index (κ2) is 79.0. The Kier molecular flexibility index (Phi) is 77.8. The van der Waals surface area contributed by atoms with E-state index in [9.17, 15) is 19.8 Å². The molecule has 0 fully saturated rings. The van der Waals surface area contributed by atoms with Crippen molar-refractivity contribution in [3.63, 3.8) is 0 Å². The zero-order valence-electron chi connectivity index (χ0n) is 61.0. The molecule has 0 saturated heterocycles. The molecular formula is C83H163NO5. The number of nitrogens with one attached hydrogen (secondary N) is 1. The van der Waals surface area contributed by atoms with Crippen LogP contribution in [-0.4, -0.2) is 47.4 Å². The smallest absolute Gasteiger partial charge is 0.305 e. The van der Waals surface area contributed by atoms with Crippen molar-refractivity contribution >= 4 is 11.9 Å². The van der Waals surface area contributed by atoms with Crippen LogP contribution in [0.5, 0.6) is 0 Å². The van der Waals surface area contributed by atoms with Crippen LogP contribution in [0.1, 0.15) is 483 Å². The Hall–Kier alpha value is -1.40. The number of rotatable bonds is 79. The van der Waals surface area contributed by atoms with Gasteiger partial charge in [-0.15, -0.1) is 0 Å². The van der Waals surface area contributed by atoms with Gasteiger partial charge in [-0.3, -0.25) is 9.59 Å². The molecule has 3 N–H and O–H groups in total. The van der Waals surface area contributed by atoms with Crippen LogP contribution in [0.3, 0.4) is 0 Å². The quantitative estimate of drug-likeness (QED) is 0.0320. The van der Waals surface area contributed by atoms with E-state index in [4.69, 9.17) is 4.74 Å². The Morgan fingerprint density at radius 1 is 0.303 bits per heavy atom. The summed E-state index contributed by atoms with van der Waals surface area (Å²) in [5.74, 6) is -0.00225. The number of carbonyl (C=O) groups is 2. The van der Waals surface area contributed by atoms with Crippen molar-refractivity contribution in [3.8, 4) is 0 Å². The topological polar surface area (TPSA) is 95.9 Å². The second-order valence-electron chi connectivity index (χ2n) is 28.8. The number of allylic oxidation sites excluding steroid dienone is 2. The van der Waals surface area contributed by atoms with Crippen LogP contribution >= 0.6 is 0 Å². The van der Waals surface area contributed by atoms with E-state index in [0.717, 1.165) is 38.5 Å². The van der Waals surface area contributed by atoms with Gasteiger partial charge in [-0.25, -0.2) is 0 Å². The van der Waals surface area contributed by atoms with Crippen LogP contribution in [0, 0.1) is 0 Å². The number of amides is 1. The van der Waals surface area contributed by atoms with Gasteiger partial charge < -0.3 is 20.3 Å². The maximum Gasteiger partial charge on any atom is 0.305 e. The highest BCUT2D eigenvalue weighted by molar-refractivity contribution is 5.76. The molecule has 530 valence electrons. The van der Waals surface area contributed by atoms with Crippen LogP contribution in [0.25, 0.3) is 0 Å². The molecule has 6 nitrogen and oxygen atoms in total. The molecule has 0 aliphatic rings.